The van der Waals surface area contributed by atoms with Crippen molar-refractivity contribution in [1.29, 1.82) is 0 Å². The van der Waals surface area contributed by atoms with E-state index in [4.69, 9.17) is 42.1 Å². The Kier molecular flexibility index (Phi) is 14.6. The molecule has 5 heterocycles. The number of hydrogen-bond donors (Lipinski definition) is 2. The SMILES string of the molecule is COc1ccc([C@H](Cc2c(Cl)c[n+]([O-])cc2Cl)C2CC(C(=O)O)CCN2S(=O)(=O)c2ccc(COc3cccc([C@@H](NC(=O)O[C@H]4CN5CCC4CC5)c4ccccc4)c3)cc2)cc1OC. The molecule has 0 spiro atoms. The predicted octanol–water partition coefficient (Wildman–Crippen LogP) is 8.01. The number of carbonyl (C=O) groups excluding carboxylic acids is 1. The average Bonchev–Trinajstić information content (AvgIpc) is 3.33. The van der Waals surface area contributed by atoms with Gasteiger partial charge in [0.15, 0.2) is 23.9 Å². The van der Waals surface area contributed by atoms with Crippen molar-refractivity contribution in [3.05, 3.63) is 153 Å². The molecule has 4 aromatic carbocycles. The zero-order valence-corrected chi connectivity index (χ0v) is 38.9. The maximum atomic E-state index is 14.8. The fraction of sp³-hybridized carbons (Fsp3) is 0.367. The lowest BCUT2D eigenvalue weighted by atomic mass is 9.79. The normalized spacial score (nSPS) is 21.6. The molecular weight excluding hydrogens is 908 g/mol. The quantitative estimate of drug-likeness (QED) is 0.0726. The number of methoxy groups -OCH3 is 2. The monoisotopic (exact) mass is 958 g/mol. The Morgan fingerprint density at radius 2 is 1.55 bits per heavy atom. The Bertz CT molecular complexity index is 2610. The van der Waals surface area contributed by atoms with Crippen LogP contribution >= 0.6 is 23.2 Å². The lowest BCUT2D eigenvalue weighted by molar-refractivity contribution is -0.605. The minimum Gasteiger partial charge on any atom is -0.619 e. The van der Waals surface area contributed by atoms with Crippen molar-refractivity contribution in [2.24, 2.45) is 11.8 Å². The van der Waals surface area contributed by atoms with Gasteiger partial charge in [-0.25, -0.2) is 13.2 Å². The molecule has 17 heteroatoms. The van der Waals surface area contributed by atoms with E-state index in [1.807, 2.05) is 54.6 Å². The first-order valence-electron chi connectivity index (χ1n) is 21.9. The van der Waals surface area contributed by atoms with E-state index < -0.39 is 46.0 Å². The Hall–Kier alpha value is -5.58. The summed E-state index contributed by atoms with van der Waals surface area (Å²) in [7, 11) is -1.25. The fourth-order valence-electron chi connectivity index (χ4n) is 9.55. The zero-order valence-electron chi connectivity index (χ0n) is 36.6. The molecule has 0 saturated carbocycles. The third kappa shape index (κ3) is 10.5. The van der Waals surface area contributed by atoms with Crippen LogP contribution in [0.2, 0.25) is 10.0 Å². The van der Waals surface area contributed by atoms with Gasteiger partial charge in [0.1, 0.15) is 28.5 Å². The number of hydrogen-bond acceptors (Lipinski definition) is 10. The predicted molar refractivity (Wildman–Crippen MR) is 248 cm³/mol. The van der Waals surface area contributed by atoms with Gasteiger partial charge in [0.05, 0.1) is 31.1 Å². The number of aromatic nitrogens is 1. The summed E-state index contributed by atoms with van der Waals surface area (Å²) >= 11 is 13.2. The van der Waals surface area contributed by atoms with Gasteiger partial charge >= 0.3 is 12.1 Å². The second-order valence-electron chi connectivity index (χ2n) is 17.0. The van der Waals surface area contributed by atoms with E-state index in [0.29, 0.717) is 44.6 Å². The number of rotatable bonds is 16. The van der Waals surface area contributed by atoms with Crippen LogP contribution in [0.25, 0.3) is 0 Å². The molecule has 14 nitrogen and oxygen atoms in total. The highest BCUT2D eigenvalue weighted by Crippen LogP contribution is 2.43. The number of piperidine rings is 4. The number of amides is 1. The molecule has 348 valence electrons. The second kappa shape index (κ2) is 20.5. The largest absolute Gasteiger partial charge is 0.619 e. The van der Waals surface area contributed by atoms with Crippen molar-refractivity contribution in [3.8, 4) is 17.2 Å². The summed E-state index contributed by atoms with van der Waals surface area (Å²) in [6.07, 6.45) is 3.94. The van der Waals surface area contributed by atoms with Crippen molar-refractivity contribution in [2.45, 2.75) is 67.7 Å². The number of carbonyl (C=O) groups is 2. The highest BCUT2D eigenvalue weighted by molar-refractivity contribution is 7.89. The molecule has 2 unspecified atom stereocenters. The first kappa shape index (κ1) is 46.9. The molecule has 4 saturated heterocycles. The number of halogens is 2. The molecule has 4 aliphatic heterocycles. The molecule has 4 fully saturated rings. The van der Waals surface area contributed by atoms with E-state index in [2.05, 4.69) is 10.2 Å². The molecule has 66 heavy (non-hydrogen) atoms. The number of nitrogens with zero attached hydrogens (tertiary/aromatic N) is 3. The van der Waals surface area contributed by atoms with E-state index >= 15 is 0 Å². The number of carboxylic acid groups (broad SMARTS) is 1. The maximum Gasteiger partial charge on any atom is 0.408 e. The van der Waals surface area contributed by atoms with Crippen LogP contribution < -0.4 is 24.3 Å². The van der Waals surface area contributed by atoms with Crippen molar-refractivity contribution >= 4 is 45.3 Å². The maximum absolute atomic E-state index is 14.8. The number of pyridine rings is 1. The lowest BCUT2D eigenvalue weighted by Gasteiger charge is -2.43. The van der Waals surface area contributed by atoms with Crippen molar-refractivity contribution in [2.75, 3.05) is 40.4 Å². The first-order chi connectivity index (χ1) is 31.8. The van der Waals surface area contributed by atoms with E-state index in [1.165, 1.54) is 43.1 Å². The number of fused-ring (bicyclic) bond motifs is 3. The standard InChI is InChI=1S/C49H52Cl2N4O10S/c1-62-44-16-13-34(25-45(44)63-2)39(26-40-41(50)27-54(59)28-42(40)51)43-24-36(48(56)57)19-22-55(43)66(60,61)38-14-11-31(12-15-38)30-64-37-10-6-9-35(23-37)47(33-7-4-3-5-8-33)52-49(58)65-46-29-53-20-17-32(46)18-21-53/h3-16,23,25,27-28,32,36,39,43,46-47H,17-22,24,26,29-30H2,1-2H3,(H,52,58)(H,56,57)/t36?,39-,43?,46-,47-/m0/s1. The van der Waals surface area contributed by atoms with Gasteiger partial charge in [-0.1, -0.05) is 83.9 Å². The van der Waals surface area contributed by atoms with Gasteiger partial charge in [0.2, 0.25) is 10.0 Å². The highest BCUT2D eigenvalue weighted by atomic mass is 35.5. The van der Waals surface area contributed by atoms with Crippen LogP contribution in [-0.4, -0.2) is 87.3 Å². The molecule has 5 atom stereocenters. The van der Waals surface area contributed by atoms with Crippen LogP contribution in [0.3, 0.4) is 0 Å². The van der Waals surface area contributed by atoms with E-state index in [0.717, 1.165) is 43.6 Å². The summed E-state index contributed by atoms with van der Waals surface area (Å²) in [4.78, 5) is 28.2. The number of aliphatic carboxylic acids is 1. The van der Waals surface area contributed by atoms with Gasteiger partial charge in [-0.3, -0.25) is 9.69 Å². The topological polar surface area (TPSA) is 171 Å². The first-order valence-corrected chi connectivity index (χ1v) is 24.1. The van der Waals surface area contributed by atoms with E-state index in [9.17, 15) is 28.3 Å². The number of sulfonamides is 1. The molecule has 1 aromatic heterocycles. The van der Waals surface area contributed by atoms with Crippen molar-refractivity contribution in [3.63, 3.8) is 0 Å². The molecule has 2 N–H and O–H groups in total. The summed E-state index contributed by atoms with van der Waals surface area (Å²) in [5.74, 6) is -0.814. The number of nitrogens with one attached hydrogen (secondary N) is 1. The van der Waals surface area contributed by atoms with Crippen LogP contribution in [0.1, 0.15) is 65.5 Å². The highest BCUT2D eigenvalue weighted by Gasteiger charge is 2.44. The van der Waals surface area contributed by atoms with Crippen LogP contribution in [0.15, 0.2) is 114 Å². The molecule has 2 bridgehead atoms. The fourth-order valence-corrected chi connectivity index (χ4v) is 11.8. The van der Waals surface area contributed by atoms with Crippen LogP contribution in [0, 0.1) is 17.0 Å². The van der Waals surface area contributed by atoms with E-state index in [1.54, 1.807) is 30.3 Å². The summed E-state index contributed by atoms with van der Waals surface area (Å²) < 4.78 is 54.7. The Morgan fingerprint density at radius 1 is 0.848 bits per heavy atom. The molecule has 0 aliphatic carbocycles. The number of alkyl carbamates (subject to hydrolysis) is 1. The zero-order chi connectivity index (χ0) is 46.5. The molecule has 0 radical (unpaired) electrons. The van der Waals surface area contributed by atoms with Crippen LogP contribution in [0.5, 0.6) is 17.2 Å². The van der Waals surface area contributed by atoms with Crippen LogP contribution in [0.4, 0.5) is 4.79 Å². The molecule has 9 rings (SSSR count). The Morgan fingerprint density at radius 3 is 2.20 bits per heavy atom. The molecule has 4 aliphatic rings. The van der Waals surface area contributed by atoms with Gasteiger partial charge in [0.25, 0.3) is 0 Å². The second-order valence-corrected chi connectivity index (χ2v) is 19.7. The molecule has 1 amide bonds. The van der Waals surface area contributed by atoms with Gasteiger partial charge in [-0.15, -0.1) is 0 Å². The van der Waals surface area contributed by atoms with E-state index in [-0.39, 0.29) is 53.5 Å². The molecule has 5 aromatic rings. The third-order valence-electron chi connectivity index (χ3n) is 13.1. The van der Waals surface area contributed by atoms with Gasteiger partial charge in [-0.2, -0.15) is 9.04 Å². The smallest absolute Gasteiger partial charge is 0.408 e. The average molecular weight is 960 g/mol. The Labute approximate surface area is 394 Å². The van der Waals surface area contributed by atoms with Gasteiger partial charge < -0.3 is 34.6 Å². The third-order valence-corrected chi connectivity index (χ3v) is 15.7. The minimum absolute atomic E-state index is 0.0102. The summed E-state index contributed by atoms with van der Waals surface area (Å²) in [6, 6.07) is 27.3. The van der Waals surface area contributed by atoms with Gasteiger partial charge in [0, 0.05) is 30.6 Å². The minimum atomic E-state index is -4.23. The number of ether oxygens (including phenoxy) is 4. The number of benzene rings is 4. The summed E-state index contributed by atoms with van der Waals surface area (Å²) in [6.45, 7) is 2.89. The van der Waals surface area contributed by atoms with Crippen LogP contribution in [-0.2, 0) is 32.6 Å². The summed E-state index contributed by atoms with van der Waals surface area (Å²) in [5, 5.41) is 25.7. The molecular formula is C49H52Cl2N4O10S. The van der Waals surface area contributed by atoms with Crippen molar-refractivity contribution < 1.29 is 46.8 Å². The summed E-state index contributed by atoms with van der Waals surface area (Å²) in [5.41, 5.74) is 3.41. The Balaban J connectivity index is 1.02. The lowest BCUT2D eigenvalue weighted by Crippen LogP contribution is -2.52. The van der Waals surface area contributed by atoms with Crippen molar-refractivity contribution in [1.82, 2.24) is 14.5 Å². The number of carboxylic acids is 1. The van der Waals surface area contributed by atoms with Gasteiger partial charge in [-0.05, 0) is 110 Å².